The summed E-state index contributed by atoms with van der Waals surface area (Å²) in [6.07, 6.45) is 1.40. The molecule has 0 radical (unpaired) electrons. The SMILES string of the molecule is COc1ccc(CN(c2scnc2C(=O)OC(C)(C)C)S(=O)(=O)c2ccc(NC(=O)/C=C/C(=O)Nc3ccc(S(=O)(=O)N(Cc4ccc(OC)cc4)c4scnc4C(=O)OC(C)(C)C)cc3F)c(F)c2)cc1. The number of nitrogens with zero attached hydrogens (tertiary/aromatic N) is 4. The lowest BCUT2D eigenvalue weighted by molar-refractivity contribution is -0.114. The molecule has 24 heteroatoms. The van der Waals surface area contributed by atoms with Crippen molar-refractivity contribution in [1.29, 1.82) is 0 Å². The molecule has 2 N–H and O–H groups in total. The summed E-state index contributed by atoms with van der Waals surface area (Å²) < 4.78 is 112. The number of amides is 2. The van der Waals surface area contributed by atoms with Crippen molar-refractivity contribution in [3.05, 3.63) is 142 Å². The van der Waals surface area contributed by atoms with E-state index in [-0.39, 0.29) is 34.5 Å². The van der Waals surface area contributed by atoms with Crippen molar-refractivity contribution in [2.45, 2.75) is 75.6 Å². The number of rotatable bonds is 18. The topological polar surface area (TPSA) is 230 Å². The maximum atomic E-state index is 15.7. The standard InChI is InChI=1S/C48H48F2N6O12S4/c1-47(2,3)67-45(59)41-43(69-27-51-41)55(25-29-9-13-31(65-7)14-10-29)71(61,62)33-17-19-37(35(49)23-33)53-39(57)21-22-40(58)54-38-20-18-34(24-36(38)50)72(63,64)56(26-30-11-15-32(66-8)16-12-30)44-42(52-28-70-44)46(60)68-48(4,5)6/h9-24,27-28H,25-26H2,1-8H3,(H,53,57)(H,54,58)/b22-21+. The molecule has 0 aliphatic carbocycles. The van der Waals surface area contributed by atoms with Crippen LogP contribution in [-0.4, -0.2) is 76.0 Å². The van der Waals surface area contributed by atoms with Crippen molar-refractivity contribution < 1.29 is 63.7 Å². The monoisotopic (exact) mass is 1070 g/mol. The third kappa shape index (κ3) is 13.4. The first-order valence-corrected chi connectivity index (χ1v) is 26.0. The molecule has 6 rings (SSSR count). The Bertz CT molecular complexity index is 3030. The summed E-state index contributed by atoms with van der Waals surface area (Å²) in [5.74, 6) is -5.21. The minimum Gasteiger partial charge on any atom is -0.497 e. The summed E-state index contributed by atoms with van der Waals surface area (Å²) in [4.78, 5) is 59.1. The van der Waals surface area contributed by atoms with E-state index in [1.807, 2.05) is 0 Å². The number of carbonyl (C=O) groups excluding carboxylic acids is 4. The van der Waals surface area contributed by atoms with Crippen molar-refractivity contribution in [2.75, 3.05) is 33.5 Å². The molecule has 0 aliphatic rings. The van der Waals surface area contributed by atoms with Crippen LogP contribution in [0.1, 0.15) is 73.6 Å². The second-order valence-electron chi connectivity index (χ2n) is 17.3. The number of ether oxygens (including phenoxy) is 4. The molecule has 2 aromatic heterocycles. The molecule has 0 aliphatic heterocycles. The van der Waals surface area contributed by atoms with E-state index in [4.69, 9.17) is 18.9 Å². The summed E-state index contributed by atoms with van der Waals surface area (Å²) >= 11 is 1.69. The first-order valence-electron chi connectivity index (χ1n) is 21.3. The molecular weight excluding hydrogens is 1020 g/mol. The van der Waals surface area contributed by atoms with Gasteiger partial charge in [-0.25, -0.2) is 45.2 Å². The van der Waals surface area contributed by atoms with E-state index >= 15 is 8.78 Å². The van der Waals surface area contributed by atoms with E-state index in [2.05, 4.69) is 20.6 Å². The van der Waals surface area contributed by atoms with Gasteiger partial charge in [0.1, 0.15) is 44.3 Å². The number of thiazole rings is 2. The number of benzene rings is 4. The predicted molar refractivity (Wildman–Crippen MR) is 266 cm³/mol. The Hall–Kier alpha value is -7.28. The molecule has 0 fully saturated rings. The molecule has 6 aromatic rings. The van der Waals surface area contributed by atoms with Crippen LogP contribution in [-0.2, 0) is 52.2 Å². The van der Waals surface area contributed by atoms with Gasteiger partial charge >= 0.3 is 11.9 Å². The van der Waals surface area contributed by atoms with Gasteiger partial charge in [-0.3, -0.25) is 18.2 Å². The highest BCUT2D eigenvalue weighted by Gasteiger charge is 2.35. The number of anilines is 4. The third-order valence-corrected chi connectivity index (χ3v) is 15.1. The van der Waals surface area contributed by atoms with Crippen LogP contribution in [0.25, 0.3) is 0 Å². The van der Waals surface area contributed by atoms with Crippen molar-refractivity contribution in [1.82, 2.24) is 9.97 Å². The van der Waals surface area contributed by atoms with Crippen LogP contribution < -0.4 is 28.7 Å². The Kier molecular flexibility index (Phi) is 16.5. The molecule has 0 spiro atoms. The van der Waals surface area contributed by atoms with Crippen LogP contribution in [0.5, 0.6) is 11.5 Å². The first kappa shape index (κ1) is 54.1. The van der Waals surface area contributed by atoms with Gasteiger partial charge in [-0.1, -0.05) is 24.3 Å². The van der Waals surface area contributed by atoms with Crippen molar-refractivity contribution in [2.24, 2.45) is 0 Å². The zero-order valence-corrected chi connectivity index (χ0v) is 43.1. The number of aromatic nitrogens is 2. The summed E-state index contributed by atoms with van der Waals surface area (Å²) in [5, 5.41) is 4.22. The molecular formula is C48H48F2N6O12S4. The van der Waals surface area contributed by atoms with Crippen LogP contribution in [0.2, 0.25) is 0 Å². The average molecular weight is 1070 g/mol. The average Bonchev–Trinajstić information content (AvgIpc) is 4.01. The van der Waals surface area contributed by atoms with Gasteiger partial charge in [-0.15, -0.1) is 22.7 Å². The Labute approximate surface area is 422 Å². The van der Waals surface area contributed by atoms with Gasteiger partial charge in [0.25, 0.3) is 20.0 Å². The Morgan fingerprint density at radius 1 is 0.583 bits per heavy atom. The van der Waals surface area contributed by atoms with E-state index in [0.717, 1.165) is 55.5 Å². The van der Waals surface area contributed by atoms with Gasteiger partial charge < -0.3 is 29.6 Å². The van der Waals surface area contributed by atoms with Crippen LogP contribution in [0.4, 0.5) is 30.2 Å². The summed E-state index contributed by atoms with van der Waals surface area (Å²) in [6.45, 7) is 9.16. The molecule has 0 saturated carbocycles. The quantitative estimate of drug-likeness (QED) is 0.0606. The fourth-order valence-corrected chi connectivity index (χ4v) is 11.3. The van der Waals surface area contributed by atoms with Gasteiger partial charge in [0, 0.05) is 12.2 Å². The lowest BCUT2D eigenvalue weighted by Gasteiger charge is -2.25. The Balaban J connectivity index is 1.17. The molecule has 4 aromatic carbocycles. The Morgan fingerprint density at radius 3 is 1.24 bits per heavy atom. The molecule has 0 bridgehead atoms. The molecule has 380 valence electrons. The third-order valence-electron chi connectivity index (χ3n) is 9.66. The van der Waals surface area contributed by atoms with Gasteiger partial charge in [-0.2, -0.15) is 0 Å². The van der Waals surface area contributed by atoms with Crippen molar-refractivity contribution in [3.63, 3.8) is 0 Å². The molecule has 72 heavy (non-hydrogen) atoms. The van der Waals surface area contributed by atoms with Gasteiger partial charge in [0.05, 0.1) is 59.5 Å². The fraction of sp³-hybridized carbons (Fsp3) is 0.250. The fourth-order valence-electron chi connectivity index (χ4n) is 6.36. The van der Waals surface area contributed by atoms with Crippen LogP contribution >= 0.6 is 22.7 Å². The zero-order chi connectivity index (χ0) is 52.8. The van der Waals surface area contributed by atoms with E-state index < -0.39 is 87.8 Å². The lowest BCUT2D eigenvalue weighted by Crippen LogP contribution is -2.32. The van der Waals surface area contributed by atoms with Crippen LogP contribution in [0.15, 0.2) is 118 Å². The molecule has 0 unspecified atom stereocenters. The minimum atomic E-state index is -4.66. The number of carbonyl (C=O) groups is 4. The maximum Gasteiger partial charge on any atom is 0.360 e. The second kappa shape index (κ2) is 22.0. The maximum absolute atomic E-state index is 15.7. The lowest BCUT2D eigenvalue weighted by atomic mass is 10.2. The summed E-state index contributed by atoms with van der Waals surface area (Å²) in [5.41, 5.74) is 0.0962. The zero-order valence-electron chi connectivity index (χ0n) is 39.9. The van der Waals surface area contributed by atoms with E-state index in [9.17, 15) is 36.0 Å². The highest BCUT2D eigenvalue weighted by Crippen LogP contribution is 2.37. The predicted octanol–water partition coefficient (Wildman–Crippen LogP) is 8.73. The first-order chi connectivity index (χ1) is 33.8. The minimum absolute atomic E-state index is 0.100. The highest BCUT2D eigenvalue weighted by atomic mass is 32.2. The van der Waals surface area contributed by atoms with E-state index in [1.165, 1.54) is 25.2 Å². The number of esters is 2. The molecule has 18 nitrogen and oxygen atoms in total. The largest absolute Gasteiger partial charge is 0.497 e. The normalized spacial score (nSPS) is 12.0. The Morgan fingerprint density at radius 2 is 0.931 bits per heavy atom. The number of hydrogen-bond acceptors (Lipinski definition) is 16. The number of halogens is 2. The summed E-state index contributed by atoms with van der Waals surface area (Å²) in [7, 11) is -6.38. The van der Waals surface area contributed by atoms with Crippen LogP contribution in [0, 0.1) is 11.6 Å². The van der Waals surface area contributed by atoms with Gasteiger partial charge in [0.15, 0.2) is 11.4 Å². The van der Waals surface area contributed by atoms with Crippen LogP contribution in [0.3, 0.4) is 0 Å². The van der Waals surface area contributed by atoms with Crippen molar-refractivity contribution >= 4 is 87.9 Å². The molecule has 0 saturated heterocycles. The van der Waals surface area contributed by atoms with E-state index in [1.54, 1.807) is 90.1 Å². The number of sulfonamides is 2. The molecule has 0 atom stereocenters. The summed E-state index contributed by atoms with van der Waals surface area (Å²) in [6, 6.07) is 18.2. The molecule has 2 amide bonds. The number of hydrogen-bond donors (Lipinski definition) is 2. The molecule has 2 heterocycles. The van der Waals surface area contributed by atoms with Gasteiger partial charge in [-0.05, 0) is 113 Å². The van der Waals surface area contributed by atoms with Crippen molar-refractivity contribution in [3.8, 4) is 11.5 Å². The number of nitrogens with one attached hydrogen (secondary N) is 2. The van der Waals surface area contributed by atoms with E-state index in [0.29, 0.717) is 46.9 Å². The highest BCUT2D eigenvalue weighted by molar-refractivity contribution is 7.93. The second-order valence-corrected chi connectivity index (χ2v) is 22.7. The van der Waals surface area contributed by atoms with Gasteiger partial charge in [0.2, 0.25) is 11.8 Å². The smallest absolute Gasteiger partial charge is 0.360 e. The number of methoxy groups -OCH3 is 2.